The molecule has 0 heterocycles. The van der Waals surface area contributed by atoms with Crippen LogP contribution in [0.1, 0.15) is 11.6 Å². The molecule has 2 nitrogen and oxygen atoms in total. The minimum atomic E-state index is -0.880. The summed E-state index contributed by atoms with van der Waals surface area (Å²) in [5, 5.41) is 12.0. The molecule has 0 saturated carbocycles. The summed E-state index contributed by atoms with van der Waals surface area (Å²) in [7, 11) is 0. The SMILES string of the molecule is N#CC(Nc1cccc(Br)c1)c1ccc(F)cc1F. The Balaban J connectivity index is 2.28. The van der Waals surface area contributed by atoms with Crippen molar-refractivity contribution < 1.29 is 8.78 Å². The van der Waals surface area contributed by atoms with Gasteiger partial charge in [-0.05, 0) is 24.3 Å². The normalized spacial score (nSPS) is 11.7. The summed E-state index contributed by atoms with van der Waals surface area (Å²) in [5.41, 5.74) is 0.786. The third-order valence-corrected chi connectivity index (χ3v) is 3.03. The van der Waals surface area contributed by atoms with Gasteiger partial charge in [0.25, 0.3) is 0 Å². The van der Waals surface area contributed by atoms with Gasteiger partial charge in [0.1, 0.15) is 17.7 Å². The number of rotatable bonds is 3. The highest BCUT2D eigenvalue weighted by atomic mass is 79.9. The average Bonchev–Trinajstić information content (AvgIpc) is 2.37. The van der Waals surface area contributed by atoms with Crippen LogP contribution in [0.2, 0.25) is 0 Å². The number of benzene rings is 2. The van der Waals surface area contributed by atoms with E-state index in [0.717, 1.165) is 16.6 Å². The monoisotopic (exact) mass is 322 g/mol. The third kappa shape index (κ3) is 3.30. The lowest BCUT2D eigenvalue weighted by Crippen LogP contribution is -2.10. The molecule has 1 atom stereocenters. The van der Waals surface area contributed by atoms with Crippen LogP contribution in [0, 0.1) is 23.0 Å². The van der Waals surface area contributed by atoms with Crippen molar-refractivity contribution >= 4 is 21.6 Å². The second kappa shape index (κ2) is 5.81. The van der Waals surface area contributed by atoms with Crippen LogP contribution in [0.4, 0.5) is 14.5 Å². The minimum absolute atomic E-state index is 0.115. The number of hydrogen-bond donors (Lipinski definition) is 1. The van der Waals surface area contributed by atoms with Crippen LogP contribution in [0.25, 0.3) is 0 Å². The van der Waals surface area contributed by atoms with Crippen LogP contribution in [0.5, 0.6) is 0 Å². The van der Waals surface area contributed by atoms with Crippen molar-refractivity contribution in [3.05, 3.63) is 64.1 Å². The molecule has 0 bridgehead atoms. The van der Waals surface area contributed by atoms with Crippen LogP contribution >= 0.6 is 15.9 Å². The van der Waals surface area contributed by atoms with Gasteiger partial charge in [-0.3, -0.25) is 0 Å². The maximum atomic E-state index is 13.6. The molecule has 0 aliphatic carbocycles. The van der Waals surface area contributed by atoms with E-state index in [4.69, 9.17) is 5.26 Å². The van der Waals surface area contributed by atoms with Gasteiger partial charge < -0.3 is 5.32 Å². The van der Waals surface area contributed by atoms with Crippen molar-refractivity contribution in [1.82, 2.24) is 0 Å². The van der Waals surface area contributed by atoms with Gasteiger partial charge in [0.15, 0.2) is 0 Å². The van der Waals surface area contributed by atoms with Gasteiger partial charge in [-0.2, -0.15) is 5.26 Å². The lowest BCUT2D eigenvalue weighted by molar-refractivity contribution is 0.570. The van der Waals surface area contributed by atoms with E-state index in [2.05, 4.69) is 21.2 Å². The number of nitriles is 1. The molecule has 0 aromatic heterocycles. The van der Waals surface area contributed by atoms with Crippen molar-refractivity contribution in [3.8, 4) is 6.07 Å². The zero-order chi connectivity index (χ0) is 13.8. The zero-order valence-corrected chi connectivity index (χ0v) is 11.3. The van der Waals surface area contributed by atoms with Gasteiger partial charge in [0, 0.05) is 21.8 Å². The Morgan fingerprint density at radius 2 is 1.95 bits per heavy atom. The van der Waals surface area contributed by atoms with Gasteiger partial charge >= 0.3 is 0 Å². The highest BCUT2D eigenvalue weighted by Crippen LogP contribution is 2.24. The van der Waals surface area contributed by atoms with Crippen molar-refractivity contribution in [2.75, 3.05) is 5.32 Å². The zero-order valence-electron chi connectivity index (χ0n) is 9.70. The van der Waals surface area contributed by atoms with Crippen LogP contribution in [-0.2, 0) is 0 Å². The number of anilines is 1. The van der Waals surface area contributed by atoms with Gasteiger partial charge in [0.05, 0.1) is 6.07 Å². The topological polar surface area (TPSA) is 35.8 Å². The first-order chi connectivity index (χ1) is 9.10. The second-order valence-electron chi connectivity index (χ2n) is 3.88. The van der Waals surface area contributed by atoms with Crippen molar-refractivity contribution in [1.29, 1.82) is 5.26 Å². The van der Waals surface area contributed by atoms with E-state index in [1.54, 1.807) is 18.2 Å². The minimum Gasteiger partial charge on any atom is -0.366 e. The molecule has 0 radical (unpaired) electrons. The fraction of sp³-hybridized carbons (Fsp3) is 0.0714. The van der Waals surface area contributed by atoms with E-state index in [1.807, 2.05) is 12.1 Å². The van der Waals surface area contributed by atoms with Crippen molar-refractivity contribution in [2.24, 2.45) is 0 Å². The van der Waals surface area contributed by atoms with Crippen molar-refractivity contribution in [2.45, 2.75) is 6.04 Å². The number of nitrogens with one attached hydrogen (secondary N) is 1. The fourth-order valence-corrected chi connectivity index (χ4v) is 2.06. The Morgan fingerprint density at radius 3 is 2.58 bits per heavy atom. The Labute approximate surface area is 117 Å². The van der Waals surface area contributed by atoms with Crippen LogP contribution in [-0.4, -0.2) is 0 Å². The lowest BCUT2D eigenvalue weighted by atomic mass is 10.1. The third-order valence-electron chi connectivity index (χ3n) is 2.54. The maximum Gasteiger partial charge on any atom is 0.143 e. The van der Waals surface area contributed by atoms with E-state index in [-0.39, 0.29) is 5.56 Å². The molecular formula is C14H9BrF2N2. The Kier molecular flexibility index (Phi) is 4.13. The molecule has 2 aromatic rings. The van der Waals surface area contributed by atoms with Gasteiger partial charge in [-0.25, -0.2) is 8.78 Å². The average molecular weight is 323 g/mol. The molecule has 0 spiro atoms. The molecule has 19 heavy (non-hydrogen) atoms. The molecular weight excluding hydrogens is 314 g/mol. The molecule has 96 valence electrons. The Hall–Kier alpha value is -1.93. The Morgan fingerprint density at radius 1 is 1.16 bits per heavy atom. The second-order valence-corrected chi connectivity index (χ2v) is 4.80. The number of halogens is 3. The van der Waals surface area contributed by atoms with Crippen LogP contribution in [0.15, 0.2) is 46.9 Å². The summed E-state index contributed by atoms with van der Waals surface area (Å²) in [6, 6.07) is 11.4. The first-order valence-electron chi connectivity index (χ1n) is 5.47. The molecule has 2 aromatic carbocycles. The molecule has 1 N–H and O–H groups in total. The summed E-state index contributed by atoms with van der Waals surface area (Å²) in [6.45, 7) is 0. The van der Waals surface area contributed by atoms with E-state index < -0.39 is 17.7 Å². The van der Waals surface area contributed by atoms with E-state index in [1.165, 1.54) is 6.07 Å². The molecule has 1 unspecified atom stereocenters. The van der Waals surface area contributed by atoms with E-state index in [0.29, 0.717) is 5.69 Å². The molecule has 0 aliphatic heterocycles. The number of nitrogens with zero attached hydrogens (tertiary/aromatic N) is 1. The largest absolute Gasteiger partial charge is 0.366 e. The summed E-state index contributed by atoms with van der Waals surface area (Å²) in [5.74, 6) is -1.41. The highest BCUT2D eigenvalue weighted by Gasteiger charge is 2.15. The van der Waals surface area contributed by atoms with Crippen LogP contribution < -0.4 is 5.32 Å². The Bertz CT molecular complexity index is 638. The highest BCUT2D eigenvalue weighted by molar-refractivity contribution is 9.10. The quantitative estimate of drug-likeness (QED) is 0.908. The first kappa shape index (κ1) is 13.5. The molecule has 0 amide bonds. The predicted octanol–water partition coefficient (Wildman–Crippen LogP) is 4.40. The molecule has 0 saturated heterocycles. The molecule has 5 heteroatoms. The predicted molar refractivity (Wildman–Crippen MR) is 72.5 cm³/mol. The maximum absolute atomic E-state index is 13.6. The smallest absolute Gasteiger partial charge is 0.143 e. The molecule has 0 fully saturated rings. The standard InChI is InChI=1S/C14H9BrF2N2/c15-9-2-1-3-11(6-9)19-14(8-18)12-5-4-10(16)7-13(12)17/h1-7,14,19H. The fourth-order valence-electron chi connectivity index (χ4n) is 1.66. The molecule has 0 aliphatic rings. The number of hydrogen-bond acceptors (Lipinski definition) is 2. The summed E-state index contributed by atoms with van der Waals surface area (Å²) >= 11 is 3.31. The van der Waals surface area contributed by atoms with E-state index in [9.17, 15) is 8.78 Å². The van der Waals surface area contributed by atoms with Crippen LogP contribution in [0.3, 0.4) is 0 Å². The first-order valence-corrected chi connectivity index (χ1v) is 6.26. The lowest BCUT2D eigenvalue weighted by Gasteiger charge is -2.14. The molecule has 2 rings (SSSR count). The summed E-state index contributed by atoms with van der Waals surface area (Å²) in [6.07, 6.45) is 0. The summed E-state index contributed by atoms with van der Waals surface area (Å²) < 4.78 is 27.3. The van der Waals surface area contributed by atoms with Gasteiger partial charge in [-0.1, -0.05) is 28.1 Å². The van der Waals surface area contributed by atoms with E-state index >= 15 is 0 Å². The van der Waals surface area contributed by atoms with Crippen molar-refractivity contribution in [3.63, 3.8) is 0 Å². The summed E-state index contributed by atoms with van der Waals surface area (Å²) in [4.78, 5) is 0. The van der Waals surface area contributed by atoms with Gasteiger partial charge in [0.2, 0.25) is 0 Å². The van der Waals surface area contributed by atoms with Gasteiger partial charge in [-0.15, -0.1) is 0 Å².